The lowest BCUT2D eigenvalue weighted by Gasteiger charge is -2.32. The highest BCUT2D eigenvalue weighted by atomic mass is 16.2. The molecule has 1 fully saturated rings. The number of benzene rings is 1. The largest absolute Gasteiger partial charge is 0.336 e. The number of hydrogen-bond donors (Lipinski definition) is 0. The molecule has 1 aromatic carbocycles. The van der Waals surface area contributed by atoms with Gasteiger partial charge in [0.15, 0.2) is 0 Å². The third-order valence-electron chi connectivity index (χ3n) is 4.63. The van der Waals surface area contributed by atoms with Crippen LogP contribution in [-0.2, 0) is 13.0 Å². The Hall–Kier alpha value is -2.14. The maximum absolute atomic E-state index is 12.9. The highest BCUT2D eigenvalue weighted by Gasteiger charge is 2.24. The van der Waals surface area contributed by atoms with Gasteiger partial charge in [0.25, 0.3) is 5.91 Å². The number of hydrogen-bond acceptors (Lipinski definition) is 3. The molecule has 5 nitrogen and oxygen atoms in total. The molecule has 0 unspecified atom stereocenters. The number of likely N-dealkylation sites (N-methyl/N-ethyl adjacent to an activating group) is 1. The van der Waals surface area contributed by atoms with E-state index in [0.29, 0.717) is 6.54 Å². The molecule has 3 rings (SSSR count). The van der Waals surface area contributed by atoms with Gasteiger partial charge in [0.1, 0.15) is 0 Å². The fraction of sp³-hybridized carbons (Fsp3) is 0.474. The zero-order chi connectivity index (χ0) is 16.9. The summed E-state index contributed by atoms with van der Waals surface area (Å²) in [5.41, 5.74) is 3.04. The Morgan fingerprint density at radius 1 is 1.12 bits per heavy atom. The number of amides is 1. The molecule has 0 spiro atoms. The molecule has 24 heavy (non-hydrogen) atoms. The Morgan fingerprint density at radius 2 is 1.83 bits per heavy atom. The zero-order valence-electron chi connectivity index (χ0n) is 14.6. The Morgan fingerprint density at radius 3 is 2.50 bits per heavy atom. The molecule has 1 saturated heterocycles. The fourth-order valence-electron chi connectivity index (χ4n) is 3.16. The summed E-state index contributed by atoms with van der Waals surface area (Å²) in [4.78, 5) is 17.1. The normalized spacial score (nSPS) is 15.7. The fourth-order valence-corrected chi connectivity index (χ4v) is 3.16. The van der Waals surface area contributed by atoms with Crippen molar-refractivity contribution in [2.75, 3.05) is 33.2 Å². The second-order valence-corrected chi connectivity index (χ2v) is 6.49. The molecule has 5 heteroatoms. The highest BCUT2D eigenvalue weighted by molar-refractivity contribution is 5.95. The third-order valence-corrected chi connectivity index (χ3v) is 4.63. The molecule has 1 aliphatic heterocycles. The summed E-state index contributed by atoms with van der Waals surface area (Å²) in [5, 5.41) is 4.52. The summed E-state index contributed by atoms with van der Waals surface area (Å²) in [6, 6.07) is 10.3. The minimum Gasteiger partial charge on any atom is -0.336 e. The molecule has 0 aliphatic carbocycles. The molecule has 128 valence electrons. The first-order chi connectivity index (χ1) is 11.7. The van der Waals surface area contributed by atoms with Gasteiger partial charge in [-0.05, 0) is 19.0 Å². The van der Waals surface area contributed by atoms with E-state index in [0.717, 1.165) is 50.3 Å². The maximum Gasteiger partial charge on any atom is 0.257 e. The zero-order valence-corrected chi connectivity index (χ0v) is 14.6. The van der Waals surface area contributed by atoms with Crippen molar-refractivity contribution in [3.05, 3.63) is 53.3 Å². The van der Waals surface area contributed by atoms with Gasteiger partial charge in [-0.25, -0.2) is 0 Å². The van der Waals surface area contributed by atoms with Crippen LogP contribution in [-0.4, -0.2) is 58.7 Å². The van der Waals surface area contributed by atoms with Crippen molar-refractivity contribution in [2.45, 2.75) is 26.3 Å². The average Bonchev–Trinajstić information content (AvgIpc) is 2.99. The summed E-state index contributed by atoms with van der Waals surface area (Å²) < 4.78 is 1.99. The predicted octanol–water partition coefficient (Wildman–Crippen LogP) is 2.27. The van der Waals surface area contributed by atoms with E-state index in [1.807, 2.05) is 27.8 Å². The Labute approximate surface area is 143 Å². The third kappa shape index (κ3) is 3.67. The van der Waals surface area contributed by atoms with Crippen molar-refractivity contribution in [1.29, 1.82) is 0 Å². The number of nitrogens with zero attached hydrogens (tertiary/aromatic N) is 4. The van der Waals surface area contributed by atoms with E-state index < -0.39 is 0 Å². The molecule has 0 atom stereocenters. The van der Waals surface area contributed by atoms with Crippen LogP contribution in [0.25, 0.3) is 0 Å². The number of rotatable bonds is 5. The number of aromatic nitrogens is 2. The van der Waals surface area contributed by atoms with Gasteiger partial charge in [-0.15, -0.1) is 0 Å². The van der Waals surface area contributed by atoms with Crippen molar-refractivity contribution in [3.63, 3.8) is 0 Å². The van der Waals surface area contributed by atoms with Gasteiger partial charge >= 0.3 is 0 Å². The van der Waals surface area contributed by atoms with Crippen LogP contribution >= 0.6 is 0 Å². The predicted molar refractivity (Wildman–Crippen MR) is 95.2 cm³/mol. The lowest BCUT2D eigenvalue weighted by atomic mass is 10.1. The molecular formula is C19H26N4O. The van der Waals surface area contributed by atoms with Crippen LogP contribution in [0.1, 0.15) is 35.0 Å². The van der Waals surface area contributed by atoms with Crippen molar-refractivity contribution >= 4 is 5.91 Å². The van der Waals surface area contributed by atoms with Crippen LogP contribution in [0.15, 0.2) is 36.5 Å². The average molecular weight is 326 g/mol. The first-order valence-corrected chi connectivity index (χ1v) is 8.75. The van der Waals surface area contributed by atoms with Crippen molar-refractivity contribution in [1.82, 2.24) is 19.6 Å². The van der Waals surface area contributed by atoms with Crippen molar-refractivity contribution in [2.24, 2.45) is 0 Å². The van der Waals surface area contributed by atoms with E-state index in [1.165, 1.54) is 5.56 Å². The number of carbonyl (C=O) groups excluding carboxylic acids is 1. The molecule has 0 saturated carbocycles. The van der Waals surface area contributed by atoms with Gasteiger partial charge in [-0.1, -0.05) is 43.7 Å². The molecule has 2 aromatic rings. The van der Waals surface area contributed by atoms with Crippen LogP contribution in [0.5, 0.6) is 0 Å². The lowest BCUT2D eigenvalue weighted by molar-refractivity contribution is 0.0663. The number of piperazine rings is 1. The van der Waals surface area contributed by atoms with E-state index in [-0.39, 0.29) is 5.91 Å². The minimum absolute atomic E-state index is 0.130. The van der Waals surface area contributed by atoms with E-state index in [2.05, 4.69) is 36.1 Å². The van der Waals surface area contributed by atoms with Gasteiger partial charge in [0, 0.05) is 26.2 Å². The molecule has 0 bridgehead atoms. The molecule has 1 aliphatic rings. The highest BCUT2D eigenvalue weighted by Crippen LogP contribution is 2.17. The topological polar surface area (TPSA) is 41.4 Å². The van der Waals surface area contributed by atoms with Gasteiger partial charge in [0.2, 0.25) is 0 Å². The molecule has 2 heterocycles. The first kappa shape index (κ1) is 16.7. The van der Waals surface area contributed by atoms with Crippen molar-refractivity contribution < 1.29 is 4.79 Å². The van der Waals surface area contributed by atoms with Crippen LogP contribution in [0.3, 0.4) is 0 Å². The van der Waals surface area contributed by atoms with Crippen LogP contribution < -0.4 is 0 Å². The Kier molecular flexibility index (Phi) is 5.30. The summed E-state index contributed by atoms with van der Waals surface area (Å²) in [7, 11) is 2.10. The Bertz CT molecular complexity index is 672. The van der Waals surface area contributed by atoms with Gasteiger partial charge < -0.3 is 9.80 Å². The van der Waals surface area contributed by atoms with E-state index in [9.17, 15) is 4.79 Å². The monoisotopic (exact) mass is 326 g/mol. The van der Waals surface area contributed by atoms with E-state index in [1.54, 1.807) is 6.20 Å². The maximum atomic E-state index is 12.9. The van der Waals surface area contributed by atoms with Crippen molar-refractivity contribution in [3.8, 4) is 0 Å². The van der Waals surface area contributed by atoms with Crippen LogP contribution in [0.4, 0.5) is 0 Å². The molecule has 1 aromatic heterocycles. The standard InChI is InChI=1S/C19H26N4O/c1-3-7-18-17(19(24)22-12-10-21(2)11-13-22)14-20-23(18)15-16-8-5-4-6-9-16/h4-6,8-9,14H,3,7,10-13,15H2,1-2H3. The lowest BCUT2D eigenvalue weighted by Crippen LogP contribution is -2.47. The van der Waals surface area contributed by atoms with Gasteiger partial charge in [-0.2, -0.15) is 5.10 Å². The smallest absolute Gasteiger partial charge is 0.257 e. The van der Waals surface area contributed by atoms with Gasteiger partial charge in [0.05, 0.1) is 24.0 Å². The molecule has 0 radical (unpaired) electrons. The second kappa shape index (κ2) is 7.62. The van der Waals surface area contributed by atoms with Crippen LogP contribution in [0.2, 0.25) is 0 Å². The molecular weight excluding hydrogens is 300 g/mol. The summed E-state index contributed by atoms with van der Waals surface area (Å²) in [6.45, 7) is 6.33. The summed E-state index contributed by atoms with van der Waals surface area (Å²) in [6.07, 6.45) is 3.64. The summed E-state index contributed by atoms with van der Waals surface area (Å²) in [5.74, 6) is 0.130. The quantitative estimate of drug-likeness (QED) is 0.846. The molecule has 1 amide bonds. The van der Waals surface area contributed by atoms with Gasteiger partial charge in [-0.3, -0.25) is 9.48 Å². The Balaban J connectivity index is 1.81. The first-order valence-electron chi connectivity index (χ1n) is 8.75. The van der Waals surface area contributed by atoms with E-state index >= 15 is 0 Å². The van der Waals surface area contributed by atoms with E-state index in [4.69, 9.17) is 0 Å². The second-order valence-electron chi connectivity index (χ2n) is 6.49. The van der Waals surface area contributed by atoms with Crippen LogP contribution in [0, 0.1) is 0 Å². The summed E-state index contributed by atoms with van der Waals surface area (Å²) >= 11 is 0. The number of carbonyl (C=O) groups is 1. The SMILES string of the molecule is CCCc1c(C(=O)N2CCN(C)CC2)cnn1Cc1ccccc1. The minimum atomic E-state index is 0.130. The molecule has 0 N–H and O–H groups in total.